The number of aromatic nitrogens is 2. The van der Waals surface area contributed by atoms with Gasteiger partial charge in [0, 0.05) is 25.2 Å². The first-order valence-electron chi connectivity index (χ1n) is 9.12. The fourth-order valence-corrected chi connectivity index (χ4v) is 3.61. The van der Waals surface area contributed by atoms with Crippen molar-refractivity contribution in [3.63, 3.8) is 0 Å². The van der Waals surface area contributed by atoms with E-state index in [-0.39, 0.29) is 12.0 Å². The maximum atomic E-state index is 12.9. The predicted octanol–water partition coefficient (Wildman–Crippen LogP) is 2.30. The lowest BCUT2D eigenvalue weighted by Crippen LogP contribution is -2.49. The number of carbonyl (C=O) groups is 1. The minimum atomic E-state index is -0.398. The molecule has 2 atom stereocenters. The molecule has 6 heteroatoms. The van der Waals surface area contributed by atoms with Crippen molar-refractivity contribution in [2.45, 2.75) is 45.0 Å². The number of hydrogen-bond donors (Lipinski definition) is 0. The molecule has 2 aromatic rings. The molecule has 3 heterocycles. The lowest BCUT2D eigenvalue weighted by molar-refractivity contribution is -0.148. The fraction of sp³-hybridized carbons (Fsp3) is 0.450. The molecule has 0 N–H and O–H groups in total. The van der Waals surface area contributed by atoms with Gasteiger partial charge in [-0.1, -0.05) is 24.3 Å². The van der Waals surface area contributed by atoms with Crippen LogP contribution in [0.5, 0.6) is 5.88 Å². The first kappa shape index (κ1) is 17.0. The lowest BCUT2D eigenvalue weighted by Gasteiger charge is -2.35. The number of fused-ring (bicyclic) bond motifs is 1. The van der Waals surface area contributed by atoms with Gasteiger partial charge in [-0.15, -0.1) is 0 Å². The standard InChI is InChI=1S/C20H23N3O3/c1-14-21-9-8-19(22-14)26-17-7-4-10-23(12-17)20(24)18-11-15-5-2-3-6-16(15)13-25-18/h2-3,5-6,8-9,17-18H,4,7,10-13H2,1H3. The van der Waals surface area contributed by atoms with E-state index in [2.05, 4.69) is 22.1 Å². The summed E-state index contributed by atoms with van der Waals surface area (Å²) in [7, 11) is 0. The third kappa shape index (κ3) is 3.70. The minimum Gasteiger partial charge on any atom is -0.472 e. The Morgan fingerprint density at radius 3 is 2.96 bits per heavy atom. The molecule has 6 nitrogen and oxygen atoms in total. The van der Waals surface area contributed by atoms with Crippen LogP contribution in [0.3, 0.4) is 0 Å². The van der Waals surface area contributed by atoms with Gasteiger partial charge in [-0.3, -0.25) is 4.79 Å². The normalized spacial score (nSPS) is 22.6. The van der Waals surface area contributed by atoms with E-state index in [1.807, 2.05) is 24.0 Å². The Hall–Kier alpha value is -2.47. The molecule has 0 bridgehead atoms. The zero-order chi connectivity index (χ0) is 17.9. The monoisotopic (exact) mass is 353 g/mol. The largest absolute Gasteiger partial charge is 0.472 e. The first-order valence-corrected chi connectivity index (χ1v) is 9.12. The third-order valence-corrected chi connectivity index (χ3v) is 4.97. The van der Waals surface area contributed by atoms with E-state index >= 15 is 0 Å². The van der Waals surface area contributed by atoms with Crippen LogP contribution in [0.25, 0.3) is 0 Å². The smallest absolute Gasteiger partial charge is 0.252 e. The molecule has 1 aromatic heterocycles. The SMILES string of the molecule is Cc1nccc(OC2CCCN(C(=O)C3Cc4ccccc4CO3)C2)n1. The molecule has 1 aromatic carbocycles. The van der Waals surface area contributed by atoms with Crippen LogP contribution in [-0.4, -0.2) is 46.1 Å². The quantitative estimate of drug-likeness (QED) is 0.847. The van der Waals surface area contributed by atoms with Crippen molar-refractivity contribution in [2.75, 3.05) is 13.1 Å². The molecule has 0 saturated carbocycles. The highest BCUT2D eigenvalue weighted by Gasteiger charge is 2.32. The summed E-state index contributed by atoms with van der Waals surface area (Å²) in [6.07, 6.45) is 3.73. The van der Waals surface area contributed by atoms with E-state index in [4.69, 9.17) is 9.47 Å². The second-order valence-corrected chi connectivity index (χ2v) is 6.88. The number of amides is 1. The molecular formula is C20H23N3O3. The summed E-state index contributed by atoms with van der Waals surface area (Å²) in [5.41, 5.74) is 2.38. The number of likely N-dealkylation sites (tertiary alicyclic amines) is 1. The maximum Gasteiger partial charge on any atom is 0.252 e. The Balaban J connectivity index is 1.39. The topological polar surface area (TPSA) is 64.5 Å². The second kappa shape index (κ2) is 7.41. The second-order valence-electron chi connectivity index (χ2n) is 6.88. The number of piperidine rings is 1. The van der Waals surface area contributed by atoms with Gasteiger partial charge in [0.25, 0.3) is 5.91 Å². The van der Waals surface area contributed by atoms with Gasteiger partial charge in [0.05, 0.1) is 13.2 Å². The predicted molar refractivity (Wildman–Crippen MR) is 95.7 cm³/mol. The molecular weight excluding hydrogens is 330 g/mol. The number of rotatable bonds is 3. The van der Waals surface area contributed by atoms with E-state index in [1.165, 1.54) is 11.1 Å². The van der Waals surface area contributed by atoms with E-state index in [0.717, 1.165) is 19.4 Å². The highest BCUT2D eigenvalue weighted by atomic mass is 16.5. The highest BCUT2D eigenvalue weighted by molar-refractivity contribution is 5.81. The molecule has 2 aliphatic rings. The number of aryl methyl sites for hydroxylation is 1. The van der Waals surface area contributed by atoms with Crippen LogP contribution >= 0.6 is 0 Å². The Morgan fingerprint density at radius 1 is 1.27 bits per heavy atom. The average molecular weight is 353 g/mol. The van der Waals surface area contributed by atoms with Crippen LogP contribution in [0, 0.1) is 6.92 Å². The van der Waals surface area contributed by atoms with Crippen LogP contribution in [0.15, 0.2) is 36.5 Å². The van der Waals surface area contributed by atoms with Crippen molar-refractivity contribution in [3.05, 3.63) is 53.5 Å². The highest BCUT2D eigenvalue weighted by Crippen LogP contribution is 2.23. The molecule has 2 aliphatic heterocycles. The molecule has 1 saturated heterocycles. The summed E-state index contributed by atoms with van der Waals surface area (Å²) in [4.78, 5) is 23.2. The van der Waals surface area contributed by atoms with Gasteiger partial charge >= 0.3 is 0 Å². The summed E-state index contributed by atoms with van der Waals surface area (Å²) in [5.74, 6) is 1.31. The fourth-order valence-electron chi connectivity index (χ4n) is 3.61. The summed E-state index contributed by atoms with van der Waals surface area (Å²) >= 11 is 0. The molecule has 0 aliphatic carbocycles. The van der Waals surface area contributed by atoms with Crippen molar-refractivity contribution >= 4 is 5.91 Å². The van der Waals surface area contributed by atoms with E-state index in [1.54, 1.807) is 12.3 Å². The van der Waals surface area contributed by atoms with Crippen molar-refractivity contribution in [2.24, 2.45) is 0 Å². The number of benzene rings is 1. The average Bonchev–Trinajstić information content (AvgIpc) is 2.67. The van der Waals surface area contributed by atoms with Crippen LogP contribution < -0.4 is 4.74 Å². The number of nitrogens with zero attached hydrogens (tertiary/aromatic N) is 3. The Bertz CT molecular complexity index is 795. The Kier molecular flexibility index (Phi) is 4.84. The van der Waals surface area contributed by atoms with Gasteiger partial charge in [-0.2, -0.15) is 4.98 Å². The number of ether oxygens (including phenoxy) is 2. The number of carbonyl (C=O) groups excluding carboxylic acids is 1. The van der Waals surface area contributed by atoms with Gasteiger partial charge in [0.1, 0.15) is 18.0 Å². The van der Waals surface area contributed by atoms with E-state index in [0.29, 0.717) is 31.3 Å². The molecule has 1 fully saturated rings. The van der Waals surface area contributed by atoms with Gasteiger partial charge in [-0.05, 0) is 30.9 Å². The van der Waals surface area contributed by atoms with Crippen LogP contribution in [0.4, 0.5) is 0 Å². The van der Waals surface area contributed by atoms with E-state index < -0.39 is 6.10 Å². The number of hydrogen-bond acceptors (Lipinski definition) is 5. The minimum absolute atomic E-state index is 0.0436. The van der Waals surface area contributed by atoms with Crippen LogP contribution in [-0.2, 0) is 22.6 Å². The van der Waals surface area contributed by atoms with Gasteiger partial charge in [0.15, 0.2) is 0 Å². The van der Waals surface area contributed by atoms with Crippen molar-refractivity contribution in [1.82, 2.24) is 14.9 Å². The summed E-state index contributed by atoms with van der Waals surface area (Å²) < 4.78 is 11.8. The van der Waals surface area contributed by atoms with Crippen molar-refractivity contribution < 1.29 is 14.3 Å². The molecule has 2 unspecified atom stereocenters. The lowest BCUT2D eigenvalue weighted by atomic mass is 9.98. The molecule has 0 spiro atoms. The zero-order valence-electron chi connectivity index (χ0n) is 14.9. The zero-order valence-corrected chi connectivity index (χ0v) is 14.9. The molecule has 26 heavy (non-hydrogen) atoms. The summed E-state index contributed by atoms with van der Waals surface area (Å²) in [6, 6.07) is 9.92. The van der Waals surface area contributed by atoms with Crippen molar-refractivity contribution in [3.8, 4) is 5.88 Å². The molecule has 1 amide bonds. The van der Waals surface area contributed by atoms with Gasteiger partial charge in [0.2, 0.25) is 5.88 Å². The van der Waals surface area contributed by atoms with Crippen molar-refractivity contribution in [1.29, 1.82) is 0 Å². The Morgan fingerprint density at radius 2 is 2.12 bits per heavy atom. The molecule has 136 valence electrons. The van der Waals surface area contributed by atoms with Gasteiger partial charge in [-0.25, -0.2) is 4.98 Å². The van der Waals surface area contributed by atoms with Crippen LogP contribution in [0.1, 0.15) is 29.8 Å². The molecule has 0 radical (unpaired) electrons. The Labute approximate surface area is 153 Å². The first-order chi connectivity index (χ1) is 12.7. The van der Waals surface area contributed by atoms with Gasteiger partial charge < -0.3 is 14.4 Å². The maximum absolute atomic E-state index is 12.9. The van der Waals surface area contributed by atoms with E-state index in [9.17, 15) is 4.79 Å². The molecule has 4 rings (SSSR count). The summed E-state index contributed by atoms with van der Waals surface area (Å²) in [5, 5.41) is 0. The van der Waals surface area contributed by atoms with Crippen LogP contribution in [0.2, 0.25) is 0 Å². The summed E-state index contributed by atoms with van der Waals surface area (Å²) in [6.45, 7) is 3.66. The third-order valence-electron chi connectivity index (χ3n) is 4.97.